The molecule has 1 fully saturated rings. The van der Waals surface area contributed by atoms with Crippen molar-refractivity contribution >= 4 is 17.5 Å². The molecule has 1 heterocycles. The number of nitrogens with zero attached hydrogens (tertiary/aromatic N) is 3. The van der Waals surface area contributed by atoms with E-state index >= 15 is 0 Å². The SMILES string of the molecule is CC(C)Oc1nc(Cl)nc(NC2(CO)CCCCC2)n1. The van der Waals surface area contributed by atoms with Crippen LogP contribution in [-0.4, -0.2) is 38.3 Å². The van der Waals surface area contributed by atoms with Crippen LogP contribution in [0.5, 0.6) is 6.01 Å². The Morgan fingerprint density at radius 1 is 1.25 bits per heavy atom. The van der Waals surface area contributed by atoms with E-state index in [0.717, 1.165) is 25.7 Å². The van der Waals surface area contributed by atoms with Crippen LogP contribution in [0.2, 0.25) is 5.28 Å². The Bertz CT molecular complexity index is 450. The van der Waals surface area contributed by atoms with Crippen LogP contribution in [0.3, 0.4) is 0 Å². The van der Waals surface area contributed by atoms with Crippen molar-refractivity contribution in [2.75, 3.05) is 11.9 Å². The van der Waals surface area contributed by atoms with Crippen molar-refractivity contribution in [3.05, 3.63) is 5.28 Å². The molecule has 0 aliphatic heterocycles. The normalized spacial score (nSPS) is 18.1. The van der Waals surface area contributed by atoms with Gasteiger partial charge in [-0.05, 0) is 38.3 Å². The molecule has 0 saturated heterocycles. The highest BCUT2D eigenvalue weighted by Gasteiger charge is 2.32. The van der Waals surface area contributed by atoms with Crippen molar-refractivity contribution in [2.24, 2.45) is 0 Å². The Hall–Kier alpha value is -1.14. The molecular weight excluding hydrogens is 280 g/mol. The van der Waals surface area contributed by atoms with Gasteiger partial charge in [0.05, 0.1) is 18.2 Å². The van der Waals surface area contributed by atoms with Crippen LogP contribution in [-0.2, 0) is 0 Å². The van der Waals surface area contributed by atoms with Gasteiger partial charge in [-0.25, -0.2) is 0 Å². The number of rotatable bonds is 5. The fourth-order valence-corrected chi connectivity index (χ4v) is 2.59. The molecule has 1 aliphatic carbocycles. The van der Waals surface area contributed by atoms with E-state index < -0.39 is 0 Å². The van der Waals surface area contributed by atoms with Gasteiger partial charge in [-0.15, -0.1) is 0 Å². The number of aliphatic hydroxyl groups excluding tert-OH is 1. The van der Waals surface area contributed by atoms with Gasteiger partial charge >= 0.3 is 6.01 Å². The number of aliphatic hydroxyl groups is 1. The lowest BCUT2D eigenvalue weighted by Gasteiger charge is -2.36. The lowest BCUT2D eigenvalue weighted by atomic mass is 9.82. The number of ether oxygens (including phenoxy) is 1. The standard InChI is InChI=1S/C13H21ClN4O2/c1-9(2)20-12-16-10(14)15-11(17-12)18-13(8-19)6-4-3-5-7-13/h9,19H,3-8H2,1-2H3,(H,15,16,17,18). The van der Waals surface area contributed by atoms with Crippen molar-refractivity contribution in [1.29, 1.82) is 0 Å². The first-order chi connectivity index (χ1) is 9.53. The fourth-order valence-electron chi connectivity index (χ4n) is 2.44. The predicted molar refractivity (Wildman–Crippen MR) is 77.1 cm³/mol. The number of nitrogens with one attached hydrogen (secondary N) is 1. The zero-order chi connectivity index (χ0) is 14.6. The van der Waals surface area contributed by atoms with Crippen LogP contribution in [0.4, 0.5) is 5.95 Å². The van der Waals surface area contributed by atoms with Gasteiger partial charge in [-0.1, -0.05) is 19.3 Å². The monoisotopic (exact) mass is 300 g/mol. The lowest BCUT2D eigenvalue weighted by Crippen LogP contribution is -2.44. The zero-order valence-electron chi connectivity index (χ0n) is 11.9. The van der Waals surface area contributed by atoms with Crippen molar-refractivity contribution < 1.29 is 9.84 Å². The predicted octanol–water partition coefficient (Wildman–Crippen LogP) is 2.42. The van der Waals surface area contributed by atoms with E-state index in [2.05, 4.69) is 20.3 Å². The highest BCUT2D eigenvalue weighted by molar-refractivity contribution is 6.28. The summed E-state index contributed by atoms with van der Waals surface area (Å²) in [7, 11) is 0. The average Bonchev–Trinajstić information content (AvgIpc) is 2.38. The summed E-state index contributed by atoms with van der Waals surface area (Å²) in [4.78, 5) is 12.2. The second kappa shape index (κ2) is 6.54. The van der Waals surface area contributed by atoms with Gasteiger partial charge in [0.2, 0.25) is 11.2 Å². The van der Waals surface area contributed by atoms with Crippen molar-refractivity contribution in [3.8, 4) is 6.01 Å². The molecule has 0 aromatic carbocycles. The van der Waals surface area contributed by atoms with E-state index in [0.29, 0.717) is 5.95 Å². The summed E-state index contributed by atoms with van der Waals surface area (Å²) in [6.45, 7) is 3.83. The zero-order valence-corrected chi connectivity index (χ0v) is 12.7. The Labute approximate surface area is 123 Å². The van der Waals surface area contributed by atoms with E-state index in [4.69, 9.17) is 16.3 Å². The number of hydrogen-bond acceptors (Lipinski definition) is 6. The summed E-state index contributed by atoms with van der Waals surface area (Å²) >= 11 is 5.90. The maximum atomic E-state index is 9.69. The Balaban J connectivity index is 2.16. The Morgan fingerprint density at radius 3 is 2.55 bits per heavy atom. The summed E-state index contributed by atoms with van der Waals surface area (Å²) in [6, 6.07) is 0.200. The van der Waals surface area contributed by atoms with Gasteiger partial charge in [0.15, 0.2) is 0 Å². The molecular formula is C13H21ClN4O2. The van der Waals surface area contributed by atoms with Crippen LogP contribution in [0.1, 0.15) is 46.0 Å². The maximum Gasteiger partial charge on any atom is 0.322 e. The number of anilines is 1. The van der Waals surface area contributed by atoms with E-state index in [-0.39, 0.29) is 29.5 Å². The van der Waals surface area contributed by atoms with Crippen LogP contribution in [0.15, 0.2) is 0 Å². The van der Waals surface area contributed by atoms with Crippen LogP contribution < -0.4 is 10.1 Å². The topological polar surface area (TPSA) is 80.2 Å². The summed E-state index contributed by atoms with van der Waals surface area (Å²) in [5, 5.41) is 13.0. The molecule has 0 amide bonds. The van der Waals surface area contributed by atoms with Gasteiger partial charge in [0.25, 0.3) is 0 Å². The summed E-state index contributed by atoms with van der Waals surface area (Å²) < 4.78 is 5.44. The second-order valence-corrected chi connectivity index (χ2v) is 5.84. The summed E-state index contributed by atoms with van der Waals surface area (Å²) in [6.07, 6.45) is 5.12. The number of halogens is 1. The fraction of sp³-hybridized carbons (Fsp3) is 0.769. The molecule has 112 valence electrons. The second-order valence-electron chi connectivity index (χ2n) is 5.50. The molecule has 1 aromatic rings. The quantitative estimate of drug-likeness (QED) is 0.869. The molecule has 1 aliphatic rings. The number of hydrogen-bond donors (Lipinski definition) is 2. The minimum Gasteiger partial charge on any atom is -0.461 e. The van der Waals surface area contributed by atoms with Crippen molar-refractivity contribution in [2.45, 2.75) is 57.6 Å². The highest BCUT2D eigenvalue weighted by atomic mass is 35.5. The molecule has 1 aromatic heterocycles. The molecule has 2 N–H and O–H groups in total. The van der Waals surface area contributed by atoms with E-state index in [1.54, 1.807) is 0 Å². The third-order valence-corrected chi connectivity index (χ3v) is 3.59. The van der Waals surface area contributed by atoms with E-state index in [9.17, 15) is 5.11 Å². The Morgan fingerprint density at radius 2 is 1.95 bits per heavy atom. The van der Waals surface area contributed by atoms with Crippen molar-refractivity contribution in [3.63, 3.8) is 0 Å². The highest BCUT2D eigenvalue weighted by Crippen LogP contribution is 2.30. The van der Waals surface area contributed by atoms with Crippen LogP contribution in [0.25, 0.3) is 0 Å². The molecule has 1 saturated carbocycles. The molecule has 2 rings (SSSR count). The first-order valence-electron chi connectivity index (χ1n) is 7.00. The minimum atomic E-state index is -0.363. The largest absolute Gasteiger partial charge is 0.461 e. The molecule has 0 radical (unpaired) electrons. The van der Waals surface area contributed by atoms with Gasteiger partial charge in [-0.3, -0.25) is 0 Å². The summed E-state index contributed by atoms with van der Waals surface area (Å²) in [5.74, 6) is 0.358. The van der Waals surface area contributed by atoms with E-state index in [1.165, 1.54) is 6.42 Å². The Kier molecular flexibility index (Phi) is 4.99. The van der Waals surface area contributed by atoms with Gasteiger partial charge in [0.1, 0.15) is 0 Å². The maximum absolute atomic E-state index is 9.69. The van der Waals surface area contributed by atoms with Gasteiger partial charge in [-0.2, -0.15) is 15.0 Å². The minimum absolute atomic E-state index is 0.0391. The molecule has 0 unspecified atom stereocenters. The first kappa shape index (κ1) is 15.3. The van der Waals surface area contributed by atoms with Gasteiger partial charge < -0.3 is 15.2 Å². The lowest BCUT2D eigenvalue weighted by molar-refractivity contribution is 0.171. The summed E-state index contributed by atoms with van der Waals surface area (Å²) in [5.41, 5.74) is -0.363. The third-order valence-electron chi connectivity index (χ3n) is 3.42. The first-order valence-corrected chi connectivity index (χ1v) is 7.38. The molecule has 20 heavy (non-hydrogen) atoms. The molecule has 0 bridgehead atoms. The van der Waals surface area contributed by atoms with Crippen molar-refractivity contribution in [1.82, 2.24) is 15.0 Å². The molecule has 0 atom stereocenters. The smallest absolute Gasteiger partial charge is 0.322 e. The van der Waals surface area contributed by atoms with E-state index in [1.807, 2.05) is 13.8 Å². The van der Waals surface area contributed by atoms with Crippen LogP contribution >= 0.6 is 11.6 Å². The average molecular weight is 301 g/mol. The molecule has 7 heteroatoms. The number of aromatic nitrogens is 3. The van der Waals surface area contributed by atoms with Crippen LogP contribution in [0, 0.1) is 0 Å². The molecule has 6 nitrogen and oxygen atoms in total. The third kappa shape index (κ3) is 3.93. The molecule has 0 spiro atoms. The van der Waals surface area contributed by atoms with Gasteiger partial charge in [0, 0.05) is 0 Å².